The fourth-order valence-corrected chi connectivity index (χ4v) is 1.51. The fraction of sp³-hybridized carbons (Fsp3) is 0.357. The van der Waals surface area contributed by atoms with Gasteiger partial charge in [0.25, 0.3) is 11.8 Å². The van der Waals surface area contributed by atoms with Gasteiger partial charge in [0.05, 0.1) is 5.56 Å². The number of carbonyl (C=O) groups excluding carboxylic acids is 3. The van der Waals surface area contributed by atoms with Crippen LogP contribution in [0, 0.1) is 0 Å². The summed E-state index contributed by atoms with van der Waals surface area (Å²) >= 11 is 0. The van der Waals surface area contributed by atoms with E-state index in [1.165, 1.54) is 24.0 Å². The number of hydrogen-bond acceptors (Lipinski definition) is 5. The third kappa shape index (κ3) is 5.13. The minimum Gasteiger partial charge on any atom is -0.484 e. The lowest BCUT2D eigenvalue weighted by molar-refractivity contribution is -0.137. The number of likely N-dealkylation sites (N-methyl/N-ethyl adjacent to an activating group) is 1. The number of carbonyl (C=O) groups is 3. The quantitative estimate of drug-likeness (QED) is 0.755. The molecule has 0 heterocycles. The summed E-state index contributed by atoms with van der Waals surface area (Å²) in [5.41, 5.74) is 5.19. The maximum Gasteiger partial charge on any atom is 0.339 e. The van der Waals surface area contributed by atoms with Crippen molar-refractivity contribution in [3.63, 3.8) is 0 Å². The minimum atomic E-state index is -0.886. The molecule has 0 fully saturated rings. The Bertz CT molecular complexity index is 542. The average Bonchev–Trinajstić information content (AvgIpc) is 2.44. The Balaban J connectivity index is 2.72. The average molecular weight is 294 g/mol. The molecule has 0 bridgehead atoms. The van der Waals surface area contributed by atoms with Crippen molar-refractivity contribution >= 4 is 17.8 Å². The first kappa shape index (κ1) is 16.5. The molecule has 0 aliphatic rings. The molecule has 0 aromatic heterocycles. The van der Waals surface area contributed by atoms with Gasteiger partial charge in [0.15, 0.2) is 12.7 Å². The fourth-order valence-electron chi connectivity index (χ4n) is 1.51. The Labute approximate surface area is 122 Å². The van der Waals surface area contributed by atoms with Crippen molar-refractivity contribution < 1.29 is 23.9 Å². The normalized spacial score (nSPS) is 11.4. The third-order valence-electron chi connectivity index (χ3n) is 2.52. The van der Waals surface area contributed by atoms with E-state index >= 15 is 0 Å². The number of nitrogens with zero attached hydrogens (tertiary/aromatic N) is 1. The summed E-state index contributed by atoms with van der Waals surface area (Å²) in [7, 11) is 3.15. The molecule has 0 spiro atoms. The highest BCUT2D eigenvalue weighted by Crippen LogP contribution is 2.15. The van der Waals surface area contributed by atoms with Crippen LogP contribution in [0.3, 0.4) is 0 Å². The lowest BCUT2D eigenvalue weighted by Gasteiger charge is -2.17. The minimum absolute atomic E-state index is 0.218. The van der Waals surface area contributed by atoms with Gasteiger partial charge in [0, 0.05) is 14.1 Å². The summed E-state index contributed by atoms with van der Waals surface area (Å²) in [6, 6.07) is 6.09. The molecule has 2 N–H and O–H groups in total. The van der Waals surface area contributed by atoms with Crippen LogP contribution in [0.25, 0.3) is 0 Å². The first-order valence-electron chi connectivity index (χ1n) is 6.24. The second kappa shape index (κ2) is 7.28. The van der Waals surface area contributed by atoms with Gasteiger partial charge >= 0.3 is 5.97 Å². The molecule has 0 radical (unpaired) electrons. The van der Waals surface area contributed by atoms with Gasteiger partial charge in [-0.15, -0.1) is 0 Å². The molecular weight excluding hydrogens is 276 g/mol. The van der Waals surface area contributed by atoms with E-state index in [9.17, 15) is 14.4 Å². The van der Waals surface area contributed by atoms with Crippen molar-refractivity contribution in [1.29, 1.82) is 0 Å². The number of rotatable bonds is 6. The summed E-state index contributed by atoms with van der Waals surface area (Å²) in [4.78, 5) is 35.5. The van der Waals surface area contributed by atoms with Gasteiger partial charge < -0.3 is 20.1 Å². The molecular formula is C14H18N2O5. The first-order valence-corrected chi connectivity index (χ1v) is 6.24. The highest BCUT2D eigenvalue weighted by Gasteiger charge is 2.20. The highest BCUT2D eigenvalue weighted by molar-refractivity contribution is 5.92. The Hall–Kier alpha value is -2.57. The van der Waals surface area contributed by atoms with E-state index in [0.29, 0.717) is 5.75 Å². The van der Waals surface area contributed by atoms with E-state index in [-0.39, 0.29) is 18.1 Å². The number of hydrogen-bond donors (Lipinski definition) is 1. The molecule has 7 nitrogen and oxygen atoms in total. The number of ether oxygens (including phenoxy) is 2. The van der Waals surface area contributed by atoms with Gasteiger partial charge in [-0.3, -0.25) is 9.59 Å². The number of nitrogens with two attached hydrogens (primary N) is 1. The van der Waals surface area contributed by atoms with Crippen LogP contribution in [-0.4, -0.2) is 49.5 Å². The topological polar surface area (TPSA) is 98.9 Å². The zero-order valence-corrected chi connectivity index (χ0v) is 12.2. The summed E-state index contributed by atoms with van der Waals surface area (Å²) < 4.78 is 10.2. The lowest BCUT2D eigenvalue weighted by Crippen LogP contribution is -2.34. The van der Waals surface area contributed by atoms with E-state index in [4.69, 9.17) is 15.2 Å². The molecule has 0 aliphatic heterocycles. The Morgan fingerprint density at radius 1 is 1.29 bits per heavy atom. The molecule has 7 heteroatoms. The van der Waals surface area contributed by atoms with Crippen molar-refractivity contribution in [2.24, 2.45) is 5.73 Å². The van der Waals surface area contributed by atoms with E-state index in [1.807, 2.05) is 0 Å². The van der Waals surface area contributed by atoms with Crippen molar-refractivity contribution in [3.05, 3.63) is 29.8 Å². The maximum atomic E-state index is 11.9. The molecule has 0 saturated carbocycles. The summed E-state index contributed by atoms with van der Waals surface area (Å²) in [6.45, 7) is 1.21. The molecule has 114 valence electrons. The number of primary amides is 1. The Kier molecular flexibility index (Phi) is 5.71. The monoisotopic (exact) mass is 294 g/mol. The van der Waals surface area contributed by atoms with Crippen LogP contribution in [0.5, 0.6) is 5.75 Å². The standard InChI is InChI=1S/C14H18N2O5/c1-9(13(18)16(2)3)21-14(19)10-5-4-6-11(7-10)20-8-12(15)17/h4-7,9H,8H2,1-3H3,(H2,15,17). The second-order valence-electron chi connectivity index (χ2n) is 4.56. The van der Waals surface area contributed by atoms with Gasteiger partial charge in [-0.25, -0.2) is 4.79 Å². The van der Waals surface area contributed by atoms with Crippen LogP contribution >= 0.6 is 0 Å². The SMILES string of the molecule is CC(OC(=O)c1cccc(OCC(N)=O)c1)C(=O)N(C)C. The van der Waals surface area contributed by atoms with Gasteiger partial charge in [0.2, 0.25) is 0 Å². The lowest BCUT2D eigenvalue weighted by atomic mass is 10.2. The van der Waals surface area contributed by atoms with Gasteiger partial charge in [-0.05, 0) is 25.1 Å². The summed E-state index contributed by atoms with van der Waals surface area (Å²) in [6.07, 6.45) is -0.886. The number of benzene rings is 1. The van der Waals surface area contributed by atoms with Crippen LogP contribution in [0.1, 0.15) is 17.3 Å². The number of amides is 2. The van der Waals surface area contributed by atoms with Crippen molar-refractivity contribution in [2.75, 3.05) is 20.7 Å². The molecule has 1 unspecified atom stereocenters. The van der Waals surface area contributed by atoms with E-state index in [0.717, 1.165) is 0 Å². The predicted molar refractivity (Wildman–Crippen MR) is 74.7 cm³/mol. The van der Waals surface area contributed by atoms with Gasteiger partial charge in [-0.2, -0.15) is 0 Å². The van der Waals surface area contributed by atoms with Crippen LogP contribution in [-0.2, 0) is 14.3 Å². The smallest absolute Gasteiger partial charge is 0.339 e. The molecule has 21 heavy (non-hydrogen) atoms. The van der Waals surface area contributed by atoms with Crippen molar-refractivity contribution in [2.45, 2.75) is 13.0 Å². The predicted octanol–water partition coefficient (Wildman–Crippen LogP) is 0.184. The highest BCUT2D eigenvalue weighted by atomic mass is 16.5. The zero-order valence-electron chi connectivity index (χ0n) is 12.2. The maximum absolute atomic E-state index is 11.9. The largest absolute Gasteiger partial charge is 0.484 e. The van der Waals surface area contributed by atoms with Gasteiger partial charge in [0.1, 0.15) is 5.75 Å². The molecule has 1 aromatic carbocycles. The van der Waals surface area contributed by atoms with E-state index in [2.05, 4.69) is 0 Å². The van der Waals surface area contributed by atoms with Crippen LogP contribution in [0.4, 0.5) is 0 Å². The Morgan fingerprint density at radius 3 is 2.52 bits per heavy atom. The van der Waals surface area contributed by atoms with E-state index in [1.54, 1.807) is 26.2 Å². The first-order chi connectivity index (χ1) is 9.81. The molecule has 1 aromatic rings. The van der Waals surface area contributed by atoms with Gasteiger partial charge in [-0.1, -0.05) is 6.07 Å². The molecule has 0 saturated heterocycles. The molecule has 2 amide bonds. The zero-order chi connectivity index (χ0) is 16.0. The van der Waals surface area contributed by atoms with Crippen molar-refractivity contribution in [1.82, 2.24) is 4.90 Å². The molecule has 1 atom stereocenters. The summed E-state index contributed by atoms with van der Waals surface area (Å²) in [5, 5.41) is 0. The molecule has 1 rings (SSSR count). The second-order valence-corrected chi connectivity index (χ2v) is 4.56. The molecule has 0 aliphatic carbocycles. The van der Waals surface area contributed by atoms with Crippen LogP contribution < -0.4 is 10.5 Å². The Morgan fingerprint density at radius 2 is 1.95 bits per heavy atom. The van der Waals surface area contributed by atoms with Crippen molar-refractivity contribution in [3.8, 4) is 5.75 Å². The van der Waals surface area contributed by atoms with E-state index < -0.39 is 18.0 Å². The van der Waals surface area contributed by atoms with Crippen LogP contribution in [0.15, 0.2) is 24.3 Å². The summed E-state index contributed by atoms with van der Waals surface area (Å²) in [5.74, 6) is -1.27. The van der Waals surface area contributed by atoms with Crippen LogP contribution in [0.2, 0.25) is 0 Å². The number of esters is 1. The third-order valence-corrected chi connectivity index (χ3v) is 2.52.